The molecule has 0 amide bonds. The molecule has 1 aromatic heterocycles. The van der Waals surface area contributed by atoms with Crippen molar-refractivity contribution in [2.45, 2.75) is 25.9 Å². The molecular weight excluding hydrogens is 246 g/mol. The molecule has 1 heterocycles. The molecule has 0 N–H and O–H groups in total. The molecular formula is C13H15N3OS. The van der Waals surface area contributed by atoms with E-state index in [4.69, 9.17) is 0 Å². The molecule has 0 unspecified atom stereocenters. The molecule has 0 aliphatic heterocycles. The van der Waals surface area contributed by atoms with Gasteiger partial charge in [-0.3, -0.25) is 9.36 Å². The van der Waals surface area contributed by atoms with Gasteiger partial charge in [-0.15, -0.1) is 10.2 Å². The molecule has 94 valence electrons. The highest BCUT2D eigenvalue weighted by atomic mass is 32.2. The number of carbonyl (C=O) groups excluding carboxylic acids is 1. The van der Waals surface area contributed by atoms with Gasteiger partial charge in [0, 0.05) is 0 Å². The van der Waals surface area contributed by atoms with Crippen molar-refractivity contribution in [3.8, 4) is 5.69 Å². The third-order valence-electron chi connectivity index (χ3n) is 2.53. The van der Waals surface area contributed by atoms with Crippen molar-refractivity contribution in [3.05, 3.63) is 35.7 Å². The smallest absolute Gasteiger partial charge is 0.196 e. The van der Waals surface area contributed by atoms with E-state index in [1.54, 1.807) is 13.3 Å². The summed E-state index contributed by atoms with van der Waals surface area (Å²) in [7, 11) is 0. The summed E-state index contributed by atoms with van der Waals surface area (Å²) < 4.78 is 1.92. The zero-order chi connectivity index (χ0) is 13.1. The molecule has 18 heavy (non-hydrogen) atoms. The second kappa shape index (κ2) is 5.35. The lowest BCUT2D eigenvalue weighted by atomic mass is 10.1. The summed E-state index contributed by atoms with van der Waals surface area (Å²) in [4.78, 5) is 11.0. The SMILES string of the molecule is CC(=O)CSc1nncn1-c1ccc(C)cc1C. The monoisotopic (exact) mass is 261 g/mol. The van der Waals surface area contributed by atoms with Crippen LogP contribution < -0.4 is 0 Å². The molecule has 5 heteroatoms. The van der Waals surface area contributed by atoms with Crippen LogP contribution in [0, 0.1) is 13.8 Å². The molecule has 0 spiro atoms. The van der Waals surface area contributed by atoms with E-state index >= 15 is 0 Å². The fourth-order valence-corrected chi connectivity index (χ4v) is 2.45. The van der Waals surface area contributed by atoms with Crippen LogP contribution in [0.5, 0.6) is 0 Å². The Bertz CT molecular complexity index is 577. The Morgan fingerprint density at radius 1 is 1.39 bits per heavy atom. The van der Waals surface area contributed by atoms with Crippen molar-refractivity contribution < 1.29 is 4.79 Å². The first-order chi connectivity index (χ1) is 8.58. The van der Waals surface area contributed by atoms with Crippen LogP contribution in [0.25, 0.3) is 5.69 Å². The predicted octanol–water partition coefficient (Wildman–Crippen LogP) is 2.57. The van der Waals surface area contributed by atoms with E-state index < -0.39 is 0 Å². The van der Waals surface area contributed by atoms with Crippen molar-refractivity contribution in [2.24, 2.45) is 0 Å². The Balaban J connectivity index is 2.33. The Labute approximate surface area is 110 Å². The van der Waals surface area contributed by atoms with E-state index in [9.17, 15) is 4.79 Å². The lowest BCUT2D eigenvalue weighted by Gasteiger charge is -2.09. The Hall–Kier alpha value is -1.62. The highest BCUT2D eigenvalue weighted by molar-refractivity contribution is 7.99. The number of carbonyl (C=O) groups is 1. The molecule has 0 aliphatic rings. The first-order valence-electron chi connectivity index (χ1n) is 5.68. The van der Waals surface area contributed by atoms with Gasteiger partial charge >= 0.3 is 0 Å². The average Bonchev–Trinajstić information content (AvgIpc) is 2.74. The van der Waals surface area contributed by atoms with Crippen LogP contribution in [0.2, 0.25) is 0 Å². The molecule has 0 saturated carbocycles. The third kappa shape index (κ3) is 2.79. The summed E-state index contributed by atoms with van der Waals surface area (Å²) in [6.07, 6.45) is 1.68. The van der Waals surface area contributed by atoms with E-state index in [-0.39, 0.29) is 5.78 Å². The number of hydrogen-bond donors (Lipinski definition) is 0. The first kappa shape index (κ1) is 12.8. The van der Waals surface area contributed by atoms with Gasteiger partial charge in [0.2, 0.25) is 0 Å². The maximum atomic E-state index is 11.0. The maximum Gasteiger partial charge on any atom is 0.196 e. The number of benzene rings is 1. The topological polar surface area (TPSA) is 47.8 Å². The first-order valence-corrected chi connectivity index (χ1v) is 6.66. The van der Waals surface area contributed by atoms with Crippen LogP contribution in [-0.4, -0.2) is 26.3 Å². The largest absolute Gasteiger partial charge is 0.299 e. The number of aryl methyl sites for hydroxylation is 2. The van der Waals surface area contributed by atoms with Crippen LogP contribution in [0.3, 0.4) is 0 Å². The zero-order valence-electron chi connectivity index (χ0n) is 10.7. The third-order valence-corrected chi connectivity index (χ3v) is 3.62. The van der Waals surface area contributed by atoms with Gasteiger partial charge < -0.3 is 0 Å². The number of thioether (sulfide) groups is 1. The summed E-state index contributed by atoms with van der Waals surface area (Å²) in [5, 5.41) is 8.72. The van der Waals surface area contributed by atoms with Gasteiger partial charge in [0.15, 0.2) is 5.16 Å². The Morgan fingerprint density at radius 2 is 2.17 bits per heavy atom. The minimum absolute atomic E-state index is 0.134. The number of ketones is 1. The van der Waals surface area contributed by atoms with Crippen molar-refractivity contribution >= 4 is 17.5 Å². The van der Waals surface area contributed by atoms with E-state index in [0.29, 0.717) is 5.75 Å². The van der Waals surface area contributed by atoms with Gasteiger partial charge in [0.25, 0.3) is 0 Å². The molecule has 0 fully saturated rings. The number of rotatable bonds is 4. The van der Waals surface area contributed by atoms with E-state index in [1.807, 2.05) is 10.6 Å². The van der Waals surface area contributed by atoms with Gasteiger partial charge in [-0.25, -0.2) is 0 Å². The Kier molecular flexibility index (Phi) is 3.81. The van der Waals surface area contributed by atoms with Crippen LogP contribution in [0.15, 0.2) is 29.7 Å². The highest BCUT2D eigenvalue weighted by Gasteiger charge is 2.10. The fourth-order valence-electron chi connectivity index (χ4n) is 1.73. The predicted molar refractivity (Wildman–Crippen MR) is 72.2 cm³/mol. The van der Waals surface area contributed by atoms with Crippen LogP contribution in [-0.2, 0) is 4.79 Å². The number of hydrogen-bond acceptors (Lipinski definition) is 4. The fraction of sp³-hybridized carbons (Fsp3) is 0.308. The summed E-state index contributed by atoms with van der Waals surface area (Å²) in [5.74, 6) is 0.555. The van der Waals surface area contributed by atoms with Gasteiger partial charge in [-0.05, 0) is 32.4 Å². The summed E-state index contributed by atoms with van der Waals surface area (Å²) in [5.41, 5.74) is 3.44. The van der Waals surface area contributed by atoms with Gasteiger partial charge in [-0.2, -0.15) is 0 Å². The lowest BCUT2D eigenvalue weighted by Crippen LogP contribution is -2.01. The van der Waals surface area contributed by atoms with E-state index in [0.717, 1.165) is 10.8 Å². The number of Topliss-reactive ketones (excluding diaryl/α,β-unsaturated/α-hetero) is 1. The molecule has 0 radical (unpaired) electrons. The molecule has 4 nitrogen and oxygen atoms in total. The molecule has 0 bridgehead atoms. The second-order valence-electron chi connectivity index (χ2n) is 4.26. The molecule has 2 aromatic rings. The molecule has 1 aromatic carbocycles. The molecule has 0 aliphatic carbocycles. The standard InChI is InChI=1S/C13H15N3OS/c1-9-4-5-12(10(2)6-9)16-8-14-15-13(16)18-7-11(3)17/h4-6,8H,7H2,1-3H3. The van der Waals surface area contributed by atoms with Crippen molar-refractivity contribution in [3.63, 3.8) is 0 Å². The quantitative estimate of drug-likeness (QED) is 0.794. The summed E-state index contributed by atoms with van der Waals surface area (Å²) in [6.45, 7) is 5.70. The maximum absolute atomic E-state index is 11.0. The van der Waals surface area contributed by atoms with Gasteiger partial charge in [-0.1, -0.05) is 29.5 Å². The van der Waals surface area contributed by atoms with Crippen LogP contribution in [0.4, 0.5) is 0 Å². The van der Waals surface area contributed by atoms with Gasteiger partial charge in [0.05, 0.1) is 11.4 Å². The zero-order valence-corrected chi connectivity index (χ0v) is 11.5. The van der Waals surface area contributed by atoms with Crippen LogP contribution in [0.1, 0.15) is 18.1 Å². The Morgan fingerprint density at radius 3 is 2.83 bits per heavy atom. The van der Waals surface area contributed by atoms with Gasteiger partial charge in [0.1, 0.15) is 12.1 Å². The average molecular weight is 261 g/mol. The van der Waals surface area contributed by atoms with Crippen molar-refractivity contribution in [1.29, 1.82) is 0 Å². The molecule has 0 atom stereocenters. The van der Waals surface area contributed by atoms with E-state index in [1.165, 1.54) is 22.9 Å². The highest BCUT2D eigenvalue weighted by Crippen LogP contribution is 2.22. The normalized spacial score (nSPS) is 10.6. The lowest BCUT2D eigenvalue weighted by molar-refractivity contribution is -0.114. The summed E-state index contributed by atoms with van der Waals surface area (Å²) >= 11 is 1.41. The molecule has 2 rings (SSSR count). The second-order valence-corrected chi connectivity index (χ2v) is 5.21. The number of nitrogens with zero attached hydrogens (tertiary/aromatic N) is 3. The van der Waals surface area contributed by atoms with Crippen molar-refractivity contribution in [2.75, 3.05) is 5.75 Å². The van der Waals surface area contributed by atoms with Crippen molar-refractivity contribution in [1.82, 2.24) is 14.8 Å². The van der Waals surface area contributed by atoms with E-state index in [2.05, 4.69) is 36.2 Å². The summed E-state index contributed by atoms with van der Waals surface area (Å²) in [6, 6.07) is 6.22. The minimum atomic E-state index is 0.134. The minimum Gasteiger partial charge on any atom is -0.299 e. The molecule has 0 saturated heterocycles. The van der Waals surface area contributed by atoms with Crippen LogP contribution >= 0.6 is 11.8 Å². The number of aromatic nitrogens is 3.